The summed E-state index contributed by atoms with van der Waals surface area (Å²) in [7, 11) is -4.16. The van der Waals surface area contributed by atoms with E-state index in [2.05, 4.69) is 10.0 Å². The van der Waals surface area contributed by atoms with E-state index in [-0.39, 0.29) is 10.6 Å². The molecule has 35 heavy (non-hydrogen) atoms. The van der Waals surface area contributed by atoms with Gasteiger partial charge in [-0.15, -0.1) is 0 Å². The van der Waals surface area contributed by atoms with E-state index in [1.165, 1.54) is 30.3 Å². The molecule has 2 N–H and O–H groups in total. The SMILES string of the molecule is Cc1cc(O[C@@H](C)C(=O)Nc2ccc(S(=O)(=O)Nc3cccc(C(F)(F)F)c3)cc2)cc(C)c1Cl. The predicted molar refractivity (Wildman–Crippen MR) is 128 cm³/mol. The monoisotopic (exact) mass is 526 g/mol. The number of anilines is 2. The van der Waals surface area contributed by atoms with Crippen LogP contribution in [0.25, 0.3) is 0 Å². The van der Waals surface area contributed by atoms with Crippen molar-refractivity contribution in [3.63, 3.8) is 0 Å². The van der Waals surface area contributed by atoms with E-state index in [0.717, 1.165) is 23.3 Å². The summed E-state index contributed by atoms with van der Waals surface area (Å²) < 4.78 is 71.6. The van der Waals surface area contributed by atoms with Crippen LogP contribution in [0.3, 0.4) is 0 Å². The molecule has 0 aromatic heterocycles. The van der Waals surface area contributed by atoms with Gasteiger partial charge in [-0.3, -0.25) is 9.52 Å². The van der Waals surface area contributed by atoms with Crippen molar-refractivity contribution in [2.45, 2.75) is 37.9 Å². The molecule has 11 heteroatoms. The quantitative estimate of drug-likeness (QED) is 0.385. The third-order valence-electron chi connectivity index (χ3n) is 4.97. The Balaban J connectivity index is 1.66. The molecule has 3 rings (SSSR count). The maximum absolute atomic E-state index is 12.9. The Hall–Kier alpha value is -3.24. The number of sulfonamides is 1. The number of hydrogen-bond acceptors (Lipinski definition) is 4. The smallest absolute Gasteiger partial charge is 0.416 e. The molecule has 0 aliphatic rings. The van der Waals surface area contributed by atoms with Crippen LogP contribution in [0.15, 0.2) is 65.6 Å². The van der Waals surface area contributed by atoms with Gasteiger partial charge in [0.1, 0.15) is 5.75 Å². The van der Waals surface area contributed by atoms with Gasteiger partial charge in [-0.05, 0) is 86.5 Å². The van der Waals surface area contributed by atoms with Gasteiger partial charge in [-0.1, -0.05) is 17.7 Å². The first-order chi connectivity index (χ1) is 16.3. The van der Waals surface area contributed by atoms with Gasteiger partial charge in [0.25, 0.3) is 15.9 Å². The molecule has 0 aliphatic carbocycles. The Morgan fingerprint density at radius 1 is 0.971 bits per heavy atom. The second-order valence-corrected chi connectivity index (χ2v) is 9.89. The summed E-state index contributed by atoms with van der Waals surface area (Å²) in [6.45, 7) is 5.21. The number of carbonyl (C=O) groups is 1. The fourth-order valence-corrected chi connectivity index (χ4v) is 4.32. The van der Waals surface area contributed by atoms with E-state index in [4.69, 9.17) is 16.3 Å². The van der Waals surface area contributed by atoms with Gasteiger partial charge in [0.05, 0.1) is 10.5 Å². The van der Waals surface area contributed by atoms with Crippen LogP contribution >= 0.6 is 11.6 Å². The first-order valence-corrected chi connectivity index (χ1v) is 12.2. The van der Waals surface area contributed by atoms with Crippen molar-refractivity contribution >= 4 is 38.9 Å². The number of hydrogen-bond donors (Lipinski definition) is 2. The number of benzene rings is 3. The molecule has 0 fully saturated rings. The van der Waals surface area contributed by atoms with E-state index in [1.54, 1.807) is 19.1 Å². The van der Waals surface area contributed by atoms with Gasteiger partial charge in [-0.2, -0.15) is 13.2 Å². The topological polar surface area (TPSA) is 84.5 Å². The summed E-state index contributed by atoms with van der Waals surface area (Å²) in [5.74, 6) is 0.0158. The van der Waals surface area contributed by atoms with Crippen LogP contribution in [0.1, 0.15) is 23.6 Å². The highest BCUT2D eigenvalue weighted by Gasteiger charge is 2.30. The Bertz CT molecular complexity index is 1320. The Morgan fingerprint density at radius 3 is 2.14 bits per heavy atom. The minimum atomic E-state index is -4.60. The largest absolute Gasteiger partial charge is 0.481 e. The summed E-state index contributed by atoms with van der Waals surface area (Å²) in [6, 6.07) is 12.5. The number of alkyl halides is 3. The van der Waals surface area contributed by atoms with Crippen molar-refractivity contribution in [1.29, 1.82) is 0 Å². The lowest BCUT2D eigenvalue weighted by molar-refractivity contribution is -0.137. The van der Waals surface area contributed by atoms with Crippen molar-refractivity contribution in [3.8, 4) is 5.75 Å². The normalized spacial score (nSPS) is 12.7. The Kier molecular flexibility index (Phi) is 7.66. The van der Waals surface area contributed by atoms with E-state index in [0.29, 0.717) is 22.5 Å². The molecule has 0 bridgehead atoms. The van der Waals surface area contributed by atoms with Crippen LogP contribution in [0.5, 0.6) is 5.75 Å². The van der Waals surface area contributed by atoms with Crippen molar-refractivity contribution in [2.75, 3.05) is 10.0 Å². The van der Waals surface area contributed by atoms with Crippen LogP contribution in [-0.4, -0.2) is 20.4 Å². The maximum Gasteiger partial charge on any atom is 0.416 e. The number of aryl methyl sites for hydroxylation is 2. The molecule has 0 aliphatic heterocycles. The molecular formula is C24H22ClF3N2O4S. The maximum atomic E-state index is 12.9. The zero-order valence-electron chi connectivity index (χ0n) is 18.9. The number of ether oxygens (including phenoxy) is 1. The molecule has 3 aromatic carbocycles. The lowest BCUT2D eigenvalue weighted by Crippen LogP contribution is -2.30. The van der Waals surface area contributed by atoms with Gasteiger partial charge < -0.3 is 10.1 Å². The highest BCUT2D eigenvalue weighted by Crippen LogP contribution is 2.31. The zero-order valence-corrected chi connectivity index (χ0v) is 20.5. The molecule has 0 saturated heterocycles. The average molecular weight is 527 g/mol. The molecule has 0 saturated carbocycles. The van der Waals surface area contributed by atoms with Gasteiger partial charge in [-0.25, -0.2) is 8.42 Å². The lowest BCUT2D eigenvalue weighted by Gasteiger charge is -2.16. The fraction of sp³-hybridized carbons (Fsp3) is 0.208. The minimum Gasteiger partial charge on any atom is -0.481 e. The Labute approximate surface area is 206 Å². The van der Waals surface area contributed by atoms with Crippen LogP contribution in [0.4, 0.5) is 24.5 Å². The second kappa shape index (κ2) is 10.2. The second-order valence-electron chi connectivity index (χ2n) is 7.83. The summed E-state index contributed by atoms with van der Waals surface area (Å²) in [6.07, 6.45) is -5.46. The van der Waals surface area contributed by atoms with Crippen LogP contribution < -0.4 is 14.8 Å². The van der Waals surface area contributed by atoms with Crippen LogP contribution in [0, 0.1) is 13.8 Å². The molecule has 0 unspecified atom stereocenters. The molecule has 0 spiro atoms. The Morgan fingerprint density at radius 2 is 1.57 bits per heavy atom. The summed E-state index contributed by atoms with van der Waals surface area (Å²) in [4.78, 5) is 12.3. The van der Waals surface area contributed by atoms with E-state index in [9.17, 15) is 26.4 Å². The summed E-state index contributed by atoms with van der Waals surface area (Å²) in [5, 5.41) is 3.24. The van der Waals surface area contributed by atoms with Crippen molar-refractivity contribution in [1.82, 2.24) is 0 Å². The van der Waals surface area contributed by atoms with E-state index in [1.807, 2.05) is 13.8 Å². The van der Waals surface area contributed by atoms with Gasteiger partial charge in [0.2, 0.25) is 0 Å². The van der Waals surface area contributed by atoms with Gasteiger partial charge >= 0.3 is 6.18 Å². The van der Waals surface area contributed by atoms with Crippen molar-refractivity contribution in [3.05, 3.63) is 82.4 Å². The van der Waals surface area contributed by atoms with Crippen molar-refractivity contribution < 1.29 is 31.1 Å². The fourth-order valence-electron chi connectivity index (χ4n) is 3.17. The lowest BCUT2D eigenvalue weighted by atomic mass is 10.1. The third-order valence-corrected chi connectivity index (χ3v) is 6.96. The highest BCUT2D eigenvalue weighted by atomic mass is 35.5. The minimum absolute atomic E-state index is 0.190. The number of nitrogens with one attached hydrogen (secondary N) is 2. The molecule has 1 atom stereocenters. The van der Waals surface area contributed by atoms with E-state index < -0.39 is 33.8 Å². The molecule has 0 heterocycles. The highest BCUT2D eigenvalue weighted by molar-refractivity contribution is 7.92. The predicted octanol–water partition coefficient (Wildman–Crippen LogP) is 6.18. The number of amides is 1. The molecular weight excluding hydrogens is 505 g/mol. The zero-order chi connectivity index (χ0) is 26.0. The summed E-state index contributed by atoms with van der Waals surface area (Å²) in [5.41, 5.74) is 0.730. The molecule has 3 aromatic rings. The first-order valence-electron chi connectivity index (χ1n) is 10.3. The number of halogens is 4. The van der Waals surface area contributed by atoms with Gasteiger partial charge in [0, 0.05) is 16.4 Å². The number of carbonyl (C=O) groups excluding carboxylic acids is 1. The number of rotatable bonds is 7. The van der Waals surface area contributed by atoms with Gasteiger partial charge in [0.15, 0.2) is 6.10 Å². The molecule has 0 radical (unpaired) electrons. The average Bonchev–Trinajstić information content (AvgIpc) is 2.77. The molecule has 1 amide bonds. The molecule has 6 nitrogen and oxygen atoms in total. The van der Waals surface area contributed by atoms with Crippen LogP contribution in [0.2, 0.25) is 5.02 Å². The molecule has 186 valence electrons. The third kappa shape index (κ3) is 6.67. The summed E-state index contributed by atoms with van der Waals surface area (Å²) >= 11 is 6.14. The van der Waals surface area contributed by atoms with E-state index >= 15 is 0 Å². The first kappa shape index (κ1) is 26.4. The standard InChI is InChI=1S/C24H22ClF3N2O4S/c1-14-11-20(12-15(2)22(14)25)34-16(3)23(31)29-18-7-9-21(10-8-18)35(32,33)30-19-6-4-5-17(13-19)24(26,27)28/h4-13,16,30H,1-3H3,(H,29,31)/t16-/m0/s1. The van der Waals surface area contributed by atoms with Crippen LogP contribution in [-0.2, 0) is 21.0 Å². The van der Waals surface area contributed by atoms with Crippen molar-refractivity contribution in [2.24, 2.45) is 0 Å².